The molecule has 0 bridgehead atoms. The number of halogens is 1. The lowest BCUT2D eigenvalue weighted by Gasteiger charge is -2.13. The first-order valence-electron chi connectivity index (χ1n) is 7.64. The topological polar surface area (TPSA) is 64.2 Å². The Kier molecular flexibility index (Phi) is 6.46. The number of amides is 1. The maximum atomic E-state index is 12.2. The largest absolute Gasteiger partial charge is 0.497 e. The third-order valence-electron chi connectivity index (χ3n) is 3.71. The molecule has 0 aliphatic heterocycles. The van der Waals surface area contributed by atoms with Crippen LogP contribution in [0.2, 0.25) is 5.02 Å². The average Bonchev–Trinajstić information content (AvgIpc) is 2.60. The van der Waals surface area contributed by atoms with Crippen LogP contribution in [0.1, 0.15) is 18.5 Å². The second kappa shape index (κ2) is 8.57. The summed E-state index contributed by atoms with van der Waals surface area (Å²) < 4.78 is 10.4. The molecule has 0 saturated carbocycles. The first-order chi connectivity index (χ1) is 11.5. The number of quaternary nitrogens is 1. The van der Waals surface area contributed by atoms with Crippen molar-refractivity contribution >= 4 is 23.2 Å². The minimum atomic E-state index is -0.104. The number of nitrogens with one attached hydrogen (secondary N) is 1. The van der Waals surface area contributed by atoms with E-state index in [9.17, 15) is 4.79 Å². The molecule has 2 rings (SSSR count). The predicted octanol–water partition coefficient (Wildman–Crippen LogP) is 2.62. The molecule has 1 atom stereocenters. The lowest BCUT2D eigenvalue weighted by molar-refractivity contribution is -0.682. The number of carbonyl (C=O) groups is 1. The van der Waals surface area contributed by atoms with E-state index in [1.807, 2.05) is 36.5 Å². The van der Waals surface area contributed by atoms with E-state index in [0.29, 0.717) is 28.8 Å². The maximum Gasteiger partial charge on any atom is 0.279 e. The first-order valence-corrected chi connectivity index (χ1v) is 8.02. The molecule has 3 N–H and O–H groups in total. The lowest BCUT2D eigenvalue weighted by atomic mass is 10.1. The minimum absolute atomic E-state index is 0.104. The fraction of sp³-hybridized carbons (Fsp3) is 0.278. The molecule has 6 heteroatoms. The predicted molar refractivity (Wildman–Crippen MR) is 94.8 cm³/mol. The third-order valence-corrected chi connectivity index (χ3v) is 3.95. The van der Waals surface area contributed by atoms with Crippen LogP contribution >= 0.6 is 11.6 Å². The number of ether oxygens (including phenoxy) is 2. The van der Waals surface area contributed by atoms with Gasteiger partial charge in [-0.15, -0.1) is 0 Å². The first kappa shape index (κ1) is 18.1. The van der Waals surface area contributed by atoms with Gasteiger partial charge in [0.05, 0.1) is 19.9 Å². The highest BCUT2D eigenvalue weighted by Crippen LogP contribution is 2.28. The van der Waals surface area contributed by atoms with Gasteiger partial charge in [0.1, 0.15) is 17.5 Å². The van der Waals surface area contributed by atoms with Gasteiger partial charge >= 0.3 is 0 Å². The van der Waals surface area contributed by atoms with Crippen LogP contribution in [-0.2, 0) is 4.79 Å². The van der Waals surface area contributed by atoms with Gasteiger partial charge in [-0.2, -0.15) is 0 Å². The molecule has 0 radical (unpaired) electrons. The SMILES string of the molecule is COc1ccc(NC(=O)C[NH2+][C@@H](C)c2cccc(Cl)c2)c(OC)c1. The van der Waals surface area contributed by atoms with Crippen LogP contribution in [0.3, 0.4) is 0 Å². The number of benzene rings is 2. The molecule has 2 aromatic rings. The Bertz CT molecular complexity index is 706. The molecule has 2 aromatic carbocycles. The third kappa shape index (κ3) is 4.88. The second-order valence-electron chi connectivity index (χ2n) is 5.40. The van der Waals surface area contributed by atoms with Crippen molar-refractivity contribution in [2.45, 2.75) is 13.0 Å². The number of anilines is 1. The van der Waals surface area contributed by atoms with Crippen molar-refractivity contribution in [3.8, 4) is 11.5 Å². The summed E-state index contributed by atoms with van der Waals surface area (Å²) in [5, 5.41) is 5.50. The van der Waals surface area contributed by atoms with Crippen LogP contribution in [-0.4, -0.2) is 26.7 Å². The molecule has 0 aromatic heterocycles. The van der Waals surface area contributed by atoms with Gasteiger partial charge in [-0.25, -0.2) is 0 Å². The van der Waals surface area contributed by atoms with E-state index in [0.717, 1.165) is 5.56 Å². The van der Waals surface area contributed by atoms with Crippen LogP contribution in [0.4, 0.5) is 5.69 Å². The molecule has 0 unspecified atom stereocenters. The van der Waals surface area contributed by atoms with Gasteiger partial charge in [0.15, 0.2) is 6.54 Å². The summed E-state index contributed by atoms with van der Waals surface area (Å²) in [5.74, 6) is 1.13. The average molecular weight is 350 g/mol. The number of methoxy groups -OCH3 is 2. The van der Waals surface area contributed by atoms with Crippen molar-refractivity contribution in [2.75, 3.05) is 26.1 Å². The number of nitrogens with two attached hydrogens (primary N) is 1. The van der Waals surface area contributed by atoms with E-state index >= 15 is 0 Å². The highest BCUT2D eigenvalue weighted by molar-refractivity contribution is 6.30. The summed E-state index contributed by atoms with van der Waals surface area (Å²) in [4.78, 5) is 12.2. The monoisotopic (exact) mass is 349 g/mol. The van der Waals surface area contributed by atoms with Crippen molar-refractivity contribution in [2.24, 2.45) is 0 Å². The van der Waals surface area contributed by atoms with Crippen LogP contribution in [0.5, 0.6) is 11.5 Å². The van der Waals surface area contributed by atoms with Crippen LogP contribution in [0.15, 0.2) is 42.5 Å². The van der Waals surface area contributed by atoms with Crippen molar-refractivity contribution in [1.29, 1.82) is 0 Å². The lowest BCUT2D eigenvalue weighted by Crippen LogP contribution is -2.86. The Morgan fingerprint density at radius 3 is 2.67 bits per heavy atom. The Morgan fingerprint density at radius 1 is 1.21 bits per heavy atom. The smallest absolute Gasteiger partial charge is 0.279 e. The van der Waals surface area contributed by atoms with E-state index in [2.05, 4.69) is 5.32 Å². The zero-order valence-electron chi connectivity index (χ0n) is 14.0. The normalized spacial score (nSPS) is 11.7. The molecule has 1 amide bonds. The van der Waals surface area contributed by atoms with Crippen LogP contribution in [0.25, 0.3) is 0 Å². The molecule has 0 aliphatic carbocycles. The molecule has 5 nitrogen and oxygen atoms in total. The van der Waals surface area contributed by atoms with E-state index in [4.69, 9.17) is 21.1 Å². The molecule has 0 spiro atoms. The van der Waals surface area contributed by atoms with E-state index < -0.39 is 0 Å². The van der Waals surface area contributed by atoms with Gasteiger partial charge in [-0.3, -0.25) is 4.79 Å². The van der Waals surface area contributed by atoms with Crippen LogP contribution < -0.4 is 20.1 Å². The number of hydrogen-bond donors (Lipinski definition) is 2. The Morgan fingerprint density at radius 2 is 2.00 bits per heavy atom. The summed E-state index contributed by atoms with van der Waals surface area (Å²) >= 11 is 6.00. The maximum absolute atomic E-state index is 12.2. The van der Waals surface area contributed by atoms with Gasteiger partial charge in [0.25, 0.3) is 5.91 Å². The van der Waals surface area contributed by atoms with E-state index in [1.54, 1.807) is 32.4 Å². The molecule has 128 valence electrons. The summed E-state index contributed by atoms with van der Waals surface area (Å²) in [6, 6.07) is 13.0. The highest BCUT2D eigenvalue weighted by Gasteiger charge is 2.14. The number of rotatable bonds is 7. The fourth-order valence-electron chi connectivity index (χ4n) is 2.31. The van der Waals surface area contributed by atoms with Gasteiger partial charge in [0.2, 0.25) is 0 Å². The standard InChI is InChI=1S/C18H21ClN2O3/c1-12(13-5-4-6-14(19)9-13)20-11-18(22)21-16-8-7-15(23-2)10-17(16)24-3/h4-10,12,20H,11H2,1-3H3,(H,21,22)/p+1/t12-/m0/s1. The molecule has 0 saturated heterocycles. The molecule has 24 heavy (non-hydrogen) atoms. The summed E-state index contributed by atoms with van der Waals surface area (Å²) in [6.07, 6.45) is 0. The second-order valence-corrected chi connectivity index (χ2v) is 5.83. The molecule has 0 fully saturated rings. The number of hydrogen-bond acceptors (Lipinski definition) is 3. The summed E-state index contributed by atoms with van der Waals surface area (Å²) in [6.45, 7) is 2.33. The van der Waals surface area contributed by atoms with Crippen LogP contribution in [0, 0.1) is 0 Å². The molecule has 0 aliphatic rings. The van der Waals surface area contributed by atoms with Gasteiger partial charge in [-0.1, -0.05) is 23.7 Å². The van der Waals surface area contributed by atoms with Crippen molar-refractivity contribution in [3.05, 3.63) is 53.1 Å². The number of carbonyl (C=O) groups excluding carboxylic acids is 1. The summed E-state index contributed by atoms with van der Waals surface area (Å²) in [7, 11) is 3.14. The Hall–Kier alpha value is -2.24. The van der Waals surface area contributed by atoms with Crippen molar-refractivity contribution in [3.63, 3.8) is 0 Å². The van der Waals surface area contributed by atoms with Gasteiger partial charge in [0, 0.05) is 16.7 Å². The molecular weight excluding hydrogens is 328 g/mol. The zero-order valence-corrected chi connectivity index (χ0v) is 14.8. The Balaban J connectivity index is 1.94. The van der Waals surface area contributed by atoms with Crippen molar-refractivity contribution in [1.82, 2.24) is 0 Å². The quantitative estimate of drug-likeness (QED) is 0.807. The van der Waals surface area contributed by atoms with E-state index in [1.165, 1.54) is 0 Å². The fourth-order valence-corrected chi connectivity index (χ4v) is 2.51. The van der Waals surface area contributed by atoms with Gasteiger partial charge in [-0.05, 0) is 31.2 Å². The van der Waals surface area contributed by atoms with Crippen molar-refractivity contribution < 1.29 is 19.6 Å². The Labute approximate surface area is 146 Å². The van der Waals surface area contributed by atoms with Gasteiger partial charge < -0.3 is 20.1 Å². The highest BCUT2D eigenvalue weighted by atomic mass is 35.5. The molecule has 0 heterocycles. The minimum Gasteiger partial charge on any atom is -0.497 e. The molecular formula is C18H22ClN2O3+. The van der Waals surface area contributed by atoms with E-state index in [-0.39, 0.29) is 11.9 Å². The summed E-state index contributed by atoms with van der Waals surface area (Å²) in [5.41, 5.74) is 1.70. The zero-order chi connectivity index (χ0) is 17.5.